The average molecular weight is 250 g/mol. The molecule has 1 aromatic rings. The molecule has 3 heteroatoms. The van der Waals surface area contributed by atoms with E-state index in [1.165, 1.54) is 31.2 Å². The van der Waals surface area contributed by atoms with Gasteiger partial charge in [0.25, 0.3) is 0 Å². The predicted octanol–water partition coefficient (Wildman–Crippen LogP) is 2.90. The Morgan fingerprint density at radius 3 is 3.06 bits per heavy atom. The van der Waals surface area contributed by atoms with E-state index in [1.54, 1.807) is 12.7 Å². The number of aromatic nitrogens is 1. The molecule has 3 nitrogen and oxygen atoms in total. The van der Waals surface area contributed by atoms with E-state index in [2.05, 4.69) is 29.2 Å². The van der Waals surface area contributed by atoms with Gasteiger partial charge in [-0.1, -0.05) is 6.92 Å². The molecule has 0 amide bonds. The van der Waals surface area contributed by atoms with Crippen LogP contribution in [0, 0.1) is 0 Å². The molecule has 0 saturated carbocycles. The van der Waals surface area contributed by atoms with Gasteiger partial charge >= 0.3 is 0 Å². The van der Waals surface area contributed by atoms with Crippen LogP contribution >= 0.6 is 0 Å². The number of hydrogen-bond donors (Lipinski definition) is 1. The molecule has 1 heterocycles. The fourth-order valence-corrected chi connectivity index (χ4v) is 2.88. The van der Waals surface area contributed by atoms with Crippen molar-refractivity contribution in [2.24, 2.45) is 0 Å². The fraction of sp³-hybridized carbons (Fsp3) is 0.733. The number of nitrogens with zero attached hydrogens (tertiary/aromatic N) is 1. The summed E-state index contributed by atoms with van der Waals surface area (Å²) >= 11 is 0. The number of nitrogens with one attached hydrogen (secondary N) is 1. The maximum atomic E-state index is 5.09. The molecule has 0 aromatic carbocycles. The molecule has 0 aliphatic heterocycles. The normalized spacial score (nSPS) is 18.9. The van der Waals surface area contributed by atoms with Gasteiger partial charge in [-0.15, -0.1) is 0 Å². The predicted molar refractivity (Wildman–Crippen MR) is 74.9 cm³/mol. The number of methoxy groups -OCH3 is 1. The first-order chi connectivity index (χ1) is 8.85. The summed E-state index contributed by atoms with van der Waals surface area (Å²) in [7, 11) is 1.77. The number of rotatable bonds is 7. The zero-order valence-corrected chi connectivity index (χ0v) is 11.7. The Hall–Kier alpha value is -0.800. The highest BCUT2D eigenvalue weighted by Gasteiger charge is 2.20. The molecule has 0 radical (unpaired) electrons. The topological polar surface area (TPSA) is 26.2 Å². The number of unbranched alkanes of at least 4 members (excludes halogenated alkanes) is 1. The molecule has 0 bridgehead atoms. The van der Waals surface area contributed by atoms with E-state index >= 15 is 0 Å². The van der Waals surface area contributed by atoms with Crippen molar-refractivity contribution in [2.45, 2.75) is 51.6 Å². The molecule has 1 aromatic heterocycles. The summed E-state index contributed by atoms with van der Waals surface area (Å²) < 4.78 is 7.46. The number of aryl methyl sites for hydroxylation is 2. The van der Waals surface area contributed by atoms with Crippen molar-refractivity contribution < 1.29 is 4.74 Å². The van der Waals surface area contributed by atoms with Crippen molar-refractivity contribution in [3.8, 4) is 0 Å². The Bertz CT molecular complexity index is 359. The zero-order valence-electron chi connectivity index (χ0n) is 11.7. The summed E-state index contributed by atoms with van der Waals surface area (Å²) in [6.07, 6.45) is 10.9. The smallest absolute Gasteiger partial charge is 0.0462 e. The molecule has 1 atom stereocenters. The Morgan fingerprint density at radius 2 is 2.28 bits per heavy atom. The summed E-state index contributed by atoms with van der Waals surface area (Å²) in [5, 5.41) is 3.60. The zero-order chi connectivity index (χ0) is 12.8. The molecule has 0 fully saturated rings. The van der Waals surface area contributed by atoms with Crippen LogP contribution in [-0.2, 0) is 17.7 Å². The summed E-state index contributed by atoms with van der Waals surface area (Å²) in [6.45, 7) is 5.25. The van der Waals surface area contributed by atoms with Gasteiger partial charge < -0.3 is 14.6 Å². The highest BCUT2D eigenvalue weighted by atomic mass is 16.5. The molecule has 1 aliphatic carbocycles. The van der Waals surface area contributed by atoms with Crippen LogP contribution in [0.25, 0.3) is 0 Å². The maximum absolute atomic E-state index is 5.09. The monoisotopic (exact) mass is 250 g/mol. The molecule has 102 valence electrons. The Balaban J connectivity index is 1.94. The second-order valence-corrected chi connectivity index (χ2v) is 5.18. The Morgan fingerprint density at radius 1 is 1.39 bits per heavy atom. The van der Waals surface area contributed by atoms with Crippen LogP contribution < -0.4 is 5.32 Å². The minimum Gasteiger partial charge on any atom is -0.385 e. The van der Waals surface area contributed by atoms with Crippen molar-refractivity contribution in [3.63, 3.8) is 0 Å². The molecule has 1 aliphatic rings. The Labute approximate surface area is 111 Å². The molecule has 0 spiro atoms. The first-order valence-corrected chi connectivity index (χ1v) is 7.26. The van der Waals surface area contributed by atoms with Gasteiger partial charge in [-0.05, 0) is 49.8 Å². The third-order valence-corrected chi connectivity index (χ3v) is 3.78. The van der Waals surface area contributed by atoms with Crippen molar-refractivity contribution >= 4 is 0 Å². The van der Waals surface area contributed by atoms with Crippen LogP contribution in [0.4, 0.5) is 0 Å². The van der Waals surface area contributed by atoms with Crippen LogP contribution in [0.2, 0.25) is 0 Å². The van der Waals surface area contributed by atoms with Crippen LogP contribution in [0.1, 0.15) is 49.8 Å². The van der Waals surface area contributed by atoms with Crippen LogP contribution in [-0.4, -0.2) is 24.8 Å². The van der Waals surface area contributed by atoms with E-state index in [1.807, 2.05) is 0 Å². The van der Waals surface area contributed by atoms with Crippen LogP contribution in [0.3, 0.4) is 0 Å². The maximum Gasteiger partial charge on any atom is 0.0462 e. The lowest BCUT2D eigenvalue weighted by atomic mass is 9.91. The molecular formula is C15H26N2O. The van der Waals surface area contributed by atoms with Crippen LogP contribution in [0.15, 0.2) is 12.4 Å². The highest BCUT2D eigenvalue weighted by Crippen LogP contribution is 2.30. The third kappa shape index (κ3) is 3.36. The first-order valence-electron chi connectivity index (χ1n) is 7.26. The fourth-order valence-electron chi connectivity index (χ4n) is 2.88. The van der Waals surface area contributed by atoms with Gasteiger partial charge in [0, 0.05) is 38.7 Å². The standard InChI is InChI=1S/C15H26N2O/c1-3-16-15-8-6-7-13-11-17(12-14(13)15)9-4-5-10-18-2/h11-12,15-16H,3-10H2,1-2H3. The quantitative estimate of drug-likeness (QED) is 0.753. The molecule has 2 rings (SSSR count). The first kappa shape index (κ1) is 13.6. The van der Waals surface area contributed by atoms with Crippen LogP contribution in [0.5, 0.6) is 0 Å². The summed E-state index contributed by atoms with van der Waals surface area (Å²) in [5.74, 6) is 0. The lowest BCUT2D eigenvalue weighted by molar-refractivity contribution is 0.191. The van der Waals surface area contributed by atoms with Crippen molar-refractivity contribution in [2.75, 3.05) is 20.3 Å². The summed E-state index contributed by atoms with van der Waals surface area (Å²) in [4.78, 5) is 0. The minimum absolute atomic E-state index is 0.582. The van der Waals surface area contributed by atoms with Gasteiger partial charge in [0.1, 0.15) is 0 Å². The van der Waals surface area contributed by atoms with Crippen molar-refractivity contribution in [3.05, 3.63) is 23.5 Å². The molecule has 0 saturated heterocycles. The van der Waals surface area contributed by atoms with Gasteiger partial charge in [0.15, 0.2) is 0 Å². The van der Waals surface area contributed by atoms with E-state index in [0.717, 1.165) is 26.1 Å². The molecule has 1 N–H and O–H groups in total. The van der Waals surface area contributed by atoms with Gasteiger partial charge in [0.2, 0.25) is 0 Å². The average Bonchev–Trinajstić information content (AvgIpc) is 2.79. The SMILES string of the molecule is CCNC1CCCc2cn(CCCCOC)cc21. The van der Waals surface area contributed by atoms with Gasteiger partial charge in [-0.2, -0.15) is 0 Å². The van der Waals surface area contributed by atoms with Gasteiger partial charge in [0.05, 0.1) is 0 Å². The van der Waals surface area contributed by atoms with Crippen molar-refractivity contribution in [1.29, 1.82) is 0 Å². The summed E-state index contributed by atoms with van der Waals surface area (Å²) in [5.41, 5.74) is 3.09. The van der Waals surface area contributed by atoms with E-state index < -0.39 is 0 Å². The third-order valence-electron chi connectivity index (χ3n) is 3.78. The number of ether oxygens (including phenoxy) is 1. The highest BCUT2D eigenvalue weighted by molar-refractivity contribution is 5.30. The Kier molecular flexibility index (Phi) is 5.26. The van der Waals surface area contributed by atoms with E-state index in [4.69, 9.17) is 4.74 Å². The van der Waals surface area contributed by atoms with Crippen molar-refractivity contribution in [1.82, 2.24) is 9.88 Å². The van der Waals surface area contributed by atoms with E-state index in [-0.39, 0.29) is 0 Å². The lowest BCUT2D eigenvalue weighted by Gasteiger charge is -2.22. The second kappa shape index (κ2) is 6.95. The largest absolute Gasteiger partial charge is 0.385 e. The van der Waals surface area contributed by atoms with Gasteiger partial charge in [-0.3, -0.25) is 0 Å². The molecule has 1 unspecified atom stereocenters. The summed E-state index contributed by atoms with van der Waals surface area (Å²) in [6, 6.07) is 0.582. The number of hydrogen-bond acceptors (Lipinski definition) is 2. The molecular weight excluding hydrogens is 224 g/mol. The number of fused-ring (bicyclic) bond motifs is 1. The second-order valence-electron chi connectivity index (χ2n) is 5.18. The van der Waals surface area contributed by atoms with E-state index in [9.17, 15) is 0 Å². The lowest BCUT2D eigenvalue weighted by Crippen LogP contribution is -2.23. The minimum atomic E-state index is 0.582. The van der Waals surface area contributed by atoms with Gasteiger partial charge in [-0.25, -0.2) is 0 Å². The molecule has 18 heavy (non-hydrogen) atoms. The van der Waals surface area contributed by atoms with E-state index in [0.29, 0.717) is 6.04 Å².